The molecule has 2 fully saturated rings. The van der Waals surface area contributed by atoms with E-state index in [-0.39, 0.29) is 77.1 Å². The number of β-lactam (4-membered cyclic amide) rings is 1. The predicted octanol–water partition coefficient (Wildman–Crippen LogP) is 2.89. The molecular formula is C35H32FN5O11S3. The van der Waals surface area contributed by atoms with E-state index in [1.807, 2.05) is 34.2 Å². The van der Waals surface area contributed by atoms with Gasteiger partial charge in [0.15, 0.2) is 11.5 Å². The maximum absolute atomic E-state index is 15.5. The minimum absolute atomic E-state index is 0.00787. The summed E-state index contributed by atoms with van der Waals surface area (Å²) in [6.07, 6.45) is 0.122. The van der Waals surface area contributed by atoms with Gasteiger partial charge >= 0.3 is 17.8 Å². The Hall–Kier alpha value is -4.89. The first kappa shape index (κ1) is 37.1. The summed E-state index contributed by atoms with van der Waals surface area (Å²) in [7, 11) is 0. The summed E-state index contributed by atoms with van der Waals surface area (Å²) in [5.41, 5.74) is -0.176. The lowest BCUT2D eigenvalue weighted by atomic mass is 10.0. The van der Waals surface area contributed by atoms with Crippen molar-refractivity contribution < 1.29 is 47.4 Å². The molecule has 4 aromatic rings. The molecule has 55 heavy (non-hydrogen) atoms. The standard InChI is InChI=1S/C35H32FN5O11S3/c1-16-40-21-11-22(20(36)10-19(21)29(43)26(33(45)46)31(40)55-16)39-6-4-38(5-7-39)12-23-24(52-35(49)51-23)14-50-13-17-15-54-32-27(30(44)41(32)28(17)34(47)48)37-25(42)9-18-3-2-8-53-18/h2-3,8,10-11,16,27,32H,4-7,9,12-15H2,1H3,(H,37,42)(H,45,46)(H,47,48)/t16?,27-,32-/m1/s1. The number of rotatable bonds is 12. The number of ether oxygens (including phenoxy) is 1. The number of piperazine rings is 1. The first-order valence-electron chi connectivity index (χ1n) is 17.1. The second kappa shape index (κ2) is 14.6. The number of aromatic carboxylic acids is 1. The van der Waals surface area contributed by atoms with Crippen molar-refractivity contribution in [3.8, 4) is 0 Å². The summed E-state index contributed by atoms with van der Waals surface area (Å²) in [5.74, 6) is -4.50. The smallest absolute Gasteiger partial charge is 0.477 e. The second-order valence-corrected chi connectivity index (χ2v) is 16.7. The number of aliphatic carboxylic acids is 1. The van der Waals surface area contributed by atoms with Crippen molar-refractivity contribution in [2.45, 2.75) is 48.3 Å². The molecule has 0 spiro atoms. The maximum Gasteiger partial charge on any atom is 0.519 e. The highest BCUT2D eigenvalue weighted by Gasteiger charge is 2.54. The fraction of sp³-hybridized carbons (Fsp3) is 0.371. The van der Waals surface area contributed by atoms with Crippen LogP contribution in [0.15, 0.2) is 64.4 Å². The van der Waals surface area contributed by atoms with Crippen LogP contribution in [0.4, 0.5) is 10.1 Å². The molecule has 7 heterocycles. The summed E-state index contributed by atoms with van der Waals surface area (Å²) in [4.78, 5) is 80.6. The molecule has 0 saturated carbocycles. The number of carbonyl (C=O) groups excluding carboxylic acids is 2. The van der Waals surface area contributed by atoms with E-state index in [9.17, 15) is 39.0 Å². The first-order chi connectivity index (χ1) is 26.4. The number of carboxylic acid groups (broad SMARTS) is 2. The maximum atomic E-state index is 15.5. The largest absolute Gasteiger partial charge is 0.519 e. The van der Waals surface area contributed by atoms with Crippen molar-refractivity contribution in [2.24, 2.45) is 0 Å². The van der Waals surface area contributed by atoms with Gasteiger partial charge in [-0.1, -0.05) is 17.8 Å². The molecule has 1 unspecified atom stereocenters. The van der Waals surface area contributed by atoms with E-state index < -0.39 is 46.3 Å². The molecule has 2 amide bonds. The van der Waals surface area contributed by atoms with Crippen LogP contribution in [0.25, 0.3) is 10.9 Å². The molecule has 20 heteroatoms. The molecule has 288 valence electrons. The molecule has 2 saturated heterocycles. The Labute approximate surface area is 322 Å². The van der Waals surface area contributed by atoms with Gasteiger partial charge in [0, 0.05) is 42.2 Å². The minimum Gasteiger partial charge on any atom is -0.477 e. The first-order valence-corrected chi connectivity index (χ1v) is 19.9. The highest BCUT2D eigenvalue weighted by Crippen LogP contribution is 2.47. The predicted molar refractivity (Wildman–Crippen MR) is 198 cm³/mol. The molecule has 3 atom stereocenters. The van der Waals surface area contributed by atoms with Gasteiger partial charge in [0.1, 0.15) is 35.1 Å². The Morgan fingerprint density at radius 2 is 1.80 bits per heavy atom. The number of amides is 2. The number of nitrogens with zero attached hydrogens (tertiary/aromatic N) is 4. The Bertz CT molecular complexity index is 2400. The van der Waals surface area contributed by atoms with E-state index in [1.165, 1.54) is 34.9 Å². The van der Waals surface area contributed by atoms with Crippen LogP contribution in [0.3, 0.4) is 0 Å². The van der Waals surface area contributed by atoms with E-state index in [0.717, 1.165) is 15.8 Å². The number of carbonyl (C=O) groups is 4. The number of anilines is 1. The van der Waals surface area contributed by atoms with Crippen LogP contribution >= 0.6 is 34.9 Å². The number of thioether (sulfide) groups is 2. The van der Waals surface area contributed by atoms with Crippen molar-refractivity contribution in [3.63, 3.8) is 0 Å². The van der Waals surface area contributed by atoms with E-state index in [2.05, 4.69) is 5.32 Å². The van der Waals surface area contributed by atoms with Crippen LogP contribution in [0.2, 0.25) is 0 Å². The number of aromatic nitrogens is 1. The van der Waals surface area contributed by atoms with Crippen molar-refractivity contribution in [1.82, 2.24) is 19.7 Å². The van der Waals surface area contributed by atoms with Crippen LogP contribution in [-0.2, 0) is 38.7 Å². The van der Waals surface area contributed by atoms with E-state index in [4.69, 9.17) is 13.6 Å². The fourth-order valence-corrected chi connectivity index (χ4v) is 10.4. The van der Waals surface area contributed by atoms with Gasteiger partial charge in [-0.15, -0.1) is 23.1 Å². The zero-order valence-electron chi connectivity index (χ0n) is 28.9. The molecular weight excluding hydrogens is 782 g/mol. The highest BCUT2D eigenvalue weighted by molar-refractivity contribution is 8.00. The van der Waals surface area contributed by atoms with Crippen molar-refractivity contribution in [1.29, 1.82) is 0 Å². The van der Waals surface area contributed by atoms with Gasteiger partial charge in [0.25, 0.3) is 5.91 Å². The Kier molecular flexibility index (Phi) is 9.86. The number of hydrogen-bond donors (Lipinski definition) is 3. The van der Waals surface area contributed by atoms with Gasteiger partial charge in [-0.2, -0.15) is 0 Å². The van der Waals surface area contributed by atoms with Crippen molar-refractivity contribution in [3.05, 3.63) is 89.5 Å². The number of halogens is 1. The van der Waals surface area contributed by atoms with Gasteiger partial charge in [0.2, 0.25) is 11.3 Å². The molecule has 1 aromatic carbocycles. The van der Waals surface area contributed by atoms with Gasteiger partial charge in [-0.05, 0) is 36.1 Å². The third-order valence-corrected chi connectivity index (χ3v) is 13.3. The molecule has 4 aliphatic heterocycles. The second-order valence-electron chi connectivity index (χ2n) is 13.2. The van der Waals surface area contributed by atoms with Gasteiger partial charge in [-0.25, -0.2) is 18.8 Å². The molecule has 0 bridgehead atoms. The Morgan fingerprint density at radius 1 is 1.04 bits per heavy atom. The van der Waals surface area contributed by atoms with E-state index >= 15 is 4.39 Å². The summed E-state index contributed by atoms with van der Waals surface area (Å²) < 4.78 is 33.6. The summed E-state index contributed by atoms with van der Waals surface area (Å²) in [6.45, 7) is 3.34. The zero-order chi connectivity index (χ0) is 38.7. The molecule has 8 rings (SSSR count). The van der Waals surface area contributed by atoms with Crippen LogP contribution in [0.1, 0.15) is 39.1 Å². The fourth-order valence-electron chi connectivity index (χ4n) is 7.24. The highest BCUT2D eigenvalue weighted by atomic mass is 32.2. The zero-order valence-corrected chi connectivity index (χ0v) is 31.4. The number of pyridine rings is 1. The summed E-state index contributed by atoms with van der Waals surface area (Å²) in [5, 5.41) is 23.9. The average Bonchev–Trinajstić information content (AvgIpc) is 3.78. The molecule has 0 radical (unpaired) electrons. The number of hydrogen-bond acceptors (Lipinski definition) is 14. The van der Waals surface area contributed by atoms with Crippen LogP contribution in [0.5, 0.6) is 0 Å². The lowest BCUT2D eigenvalue weighted by Crippen LogP contribution is -2.70. The number of fused-ring (bicyclic) bond motifs is 4. The third kappa shape index (κ3) is 6.75. The van der Waals surface area contributed by atoms with Crippen molar-refractivity contribution >= 4 is 75.2 Å². The van der Waals surface area contributed by atoms with Crippen LogP contribution in [0, 0.1) is 5.82 Å². The van der Waals surface area contributed by atoms with E-state index in [1.54, 1.807) is 10.6 Å². The lowest BCUT2D eigenvalue weighted by Gasteiger charge is -2.49. The molecule has 16 nitrogen and oxygen atoms in total. The molecule has 3 aromatic heterocycles. The molecule has 0 aliphatic carbocycles. The Morgan fingerprint density at radius 3 is 2.49 bits per heavy atom. The van der Waals surface area contributed by atoms with Gasteiger partial charge in [0.05, 0.1) is 41.2 Å². The van der Waals surface area contributed by atoms with Crippen molar-refractivity contribution in [2.75, 3.05) is 43.4 Å². The average molecular weight is 814 g/mol. The minimum atomic E-state index is -1.35. The Balaban J connectivity index is 0.888. The van der Waals surface area contributed by atoms with Crippen LogP contribution in [-0.4, -0.2) is 98.3 Å². The molecule has 4 aliphatic rings. The van der Waals surface area contributed by atoms with Gasteiger partial charge in [-0.3, -0.25) is 24.2 Å². The normalized spacial score (nSPS) is 20.9. The number of carboxylic acids is 2. The summed E-state index contributed by atoms with van der Waals surface area (Å²) in [6, 6.07) is 5.50. The topological polar surface area (TPSA) is 205 Å². The summed E-state index contributed by atoms with van der Waals surface area (Å²) >= 11 is 4.01. The van der Waals surface area contributed by atoms with E-state index in [0.29, 0.717) is 42.3 Å². The molecule has 3 N–H and O–H groups in total. The number of benzene rings is 1. The SMILES string of the molecule is CC1Sc2c(C(=O)O)c(=O)c3cc(F)c(N4CCN(Cc5oc(=O)oc5COCC5=C(C(=O)O)N6C(=O)[C@@H](NC(=O)Cc7cccs7)[C@H]6SC5)CC4)cc3n21. The monoisotopic (exact) mass is 813 g/mol. The quantitative estimate of drug-likeness (QED) is 0.176. The van der Waals surface area contributed by atoms with Crippen LogP contribution < -0.4 is 21.5 Å². The number of nitrogens with one attached hydrogen (secondary N) is 1. The third-order valence-electron chi connectivity index (χ3n) is 9.88. The number of thiophene rings is 1. The van der Waals surface area contributed by atoms with Gasteiger partial charge < -0.3 is 38.6 Å². The lowest BCUT2D eigenvalue weighted by molar-refractivity contribution is -0.150.